The molecule has 0 heteroatoms. The zero-order valence-corrected chi connectivity index (χ0v) is 13.4. The monoisotopic (exact) mass is 266 g/mol. The molecule has 106 valence electrons. The number of benzene rings is 2. The molecule has 2 aromatic rings. The Labute approximate surface area is 123 Å². The van der Waals surface area contributed by atoms with E-state index in [1.807, 2.05) is 0 Å². The van der Waals surface area contributed by atoms with Gasteiger partial charge in [-0.3, -0.25) is 0 Å². The Balaban J connectivity index is 2.42. The Morgan fingerprint density at radius 3 is 2.10 bits per heavy atom. The van der Waals surface area contributed by atoms with Gasteiger partial charge in [0.25, 0.3) is 0 Å². The lowest BCUT2D eigenvalue weighted by molar-refractivity contribution is 0.827. The molecule has 0 aliphatic carbocycles. The Morgan fingerprint density at radius 1 is 0.800 bits per heavy atom. The van der Waals surface area contributed by atoms with Crippen LogP contribution in [0.3, 0.4) is 0 Å². The third kappa shape index (κ3) is 3.30. The molecule has 2 rings (SSSR count). The molecule has 0 aliphatic rings. The topological polar surface area (TPSA) is 0 Å². The molecule has 0 heterocycles. The fourth-order valence-electron chi connectivity index (χ4n) is 2.71. The molecule has 0 unspecified atom stereocenters. The van der Waals surface area contributed by atoms with Crippen LogP contribution in [-0.4, -0.2) is 0 Å². The minimum Gasteiger partial charge on any atom is -0.0620 e. The number of rotatable bonds is 4. The van der Waals surface area contributed by atoms with Gasteiger partial charge in [0.05, 0.1) is 0 Å². The molecule has 0 amide bonds. The standard InChI is InChI=1S/C20H26/c1-14(2)17-10-11-20(15(3)4)19(12-17)13-18-9-7-6-8-16(18)5/h6-12,14-15H,13H2,1-5H3. The highest BCUT2D eigenvalue weighted by molar-refractivity contribution is 5.40. The highest BCUT2D eigenvalue weighted by Crippen LogP contribution is 2.27. The van der Waals surface area contributed by atoms with E-state index in [4.69, 9.17) is 0 Å². The maximum Gasteiger partial charge on any atom is -0.00202 e. The predicted molar refractivity (Wildman–Crippen MR) is 88.6 cm³/mol. The molecular weight excluding hydrogens is 240 g/mol. The summed E-state index contributed by atoms with van der Waals surface area (Å²) in [5.41, 5.74) is 7.24. The molecule has 20 heavy (non-hydrogen) atoms. The van der Waals surface area contributed by atoms with Gasteiger partial charge in [-0.2, -0.15) is 0 Å². The van der Waals surface area contributed by atoms with Gasteiger partial charge in [-0.1, -0.05) is 70.2 Å². The van der Waals surface area contributed by atoms with E-state index in [1.54, 1.807) is 0 Å². The van der Waals surface area contributed by atoms with Crippen molar-refractivity contribution in [2.45, 2.75) is 52.9 Å². The van der Waals surface area contributed by atoms with E-state index in [1.165, 1.54) is 27.8 Å². The van der Waals surface area contributed by atoms with Crippen molar-refractivity contribution in [1.82, 2.24) is 0 Å². The second-order valence-electron chi connectivity index (χ2n) is 6.37. The van der Waals surface area contributed by atoms with Crippen molar-refractivity contribution >= 4 is 0 Å². The highest BCUT2D eigenvalue weighted by atomic mass is 14.2. The van der Waals surface area contributed by atoms with Crippen LogP contribution in [0.15, 0.2) is 42.5 Å². The molecule has 0 N–H and O–H groups in total. The maximum absolute atomic E-state index is 2.41. The van der Waals surface area contributed by atoms with Gasteiger partial charge in [0.2, 0.25) is 0 Å². The summed E-state index contributed by atoms with van der Waals surface area (Å²) in [5, 5.41) is 0. The van der Waals surface area contributed by atoms with Crippen molar-refractivity contribution in [3.05, 3.63) is 70.3 Å². The predicted octanol–water partition coefficient (Wildman–Crippen LogP) is 5.83. The molecule has 0 atom stereocenters. The molecule has 0 nitrogen and oxygen atoms in total. The largest absolute Gasteiger partial charge is 0.0620 e. The first-order chi connectivity index (χ1) is 9.49. The van der Waals surface area contributed by atoms with E-state index in [0.29, 0.717) is 11.8 Å². The van der Waals surface area contributed by atoms with Crippen LogP contribution < -0.4 is 0 Å². The fourth-order valence-corrected chi connectivity index (χ4v) is 2.71. The van der Waals surface area contributed by atoms with Crippen LogP contribution in [0.1, 0.15) is 67.3 Å². The van der Waals surface area contributed by atoms with Crippen LogP contribution in [0.4, 0.5) is 0 Å². The molecule has 0 aromatic heterocycles. The first-order valence-electron chi connectivity index (χ1n) is 7.66. The summed E-state index contributed by atoms with van der Waals surface area (Å²) in [6.45, 7) is 11.3. The second-order valence-corrected chi connectivity index (χ2v) is 6.37. The van der Waals surface area contributed by atoms with Crippen LogP contribution in [0.25, 0.3) is 0 Å². The molecule has 2 aromatic carbocycles. The Bertz CT molecular complexity index is 576. The third-order valence-electron chi connectivity index (χ3n) is 4.10. The summed E-state index contributed by atoms with van der Waals surface area (Å²) in [7, 11) is 0. The van der Waals surface area contributed by atoms with Crippen molar-refractivity contribution in [2.24, 2.45) is 0 Å². The third-order valence-corrected chi connectivity index (χ3v) is 4.10. The summed E-state index contributed by atoms with van der Waals surface area (Å²) in [6.07, 6.45) is 1.04. The van der Waals surface area contributed by atoms with E-state index in [0.717, 1.165) is 6.42 Å². The SMILES string of the molecule is Cc1ccccc1Cc1cc(C(C)C)ccc1C(C)C. The molecule has 0 bridgehead atoms. The lowest BCUT2D eigenvalue weighted by atomic mass is 9.88. The Morgan fingerprint density at radius 2 is 1.50 bits per heavy atom. The van der Waals surface area contributed by atoms with Crippen LogP contribution in [0.2, 0.25) is 0 Å². The minimum atomic E-state index is 0.579. The fraction of sp³-hybridized carbons (Fsp3) is 0.400. The van der Waals surface area contributed by atoms with Crippen LogP contribution in [0, 0.1) is 6.92 Å². The van der Waals surface area contributed by atoms with Gasteiger partial charge >= 0.3 is 0 Å². The first kappa shape index (κ1) is 14.8. The van der Waals surface area contributed by atoms with Crippen molar-refractivity contribution in [2.75, 3.05) is 0 Å². The van der Waals surface area contributed by atoms with Crippen molar-refractivity contribution in [3.63, 3.8) is 0 Å². The minimum absolute atomic E-state index is 0.579. The summed E-state index contributed by atoms with van der Waals surface area (Å²) in [4.78, 5) is 0. The average molecular weight is 266 g/mol. The number of hydrogen-bond acceptors (Lipinski definition) is 0. The summed E-state index contributed by atoms with van der Waals surface area (Å²) < 4.78 is 0. The zero-order valence-electron chi connectivity index (χ0n) is 13.4. The molecule has 0 radical (unpaired) electrons. The van der Waals surface area contributed by atoms with Gasteiger partial charge in [0, 0.05) is 0 Å². The van der Waals surface area contributed by atoms with Gasteiger partial charge in [-0.05, 0) is 53.0 Å². The zero-order chi connectivity index (χ0) is 14.7. The quantitative estimate of drug-likeness (QED) is 0.653. The van der Waals surface area contributed by atoms with Crippen LogP contribution >= 0.6 is 0 Å². The molecular formula is C20H26. The van der Waals surface area contributed by atoms with Crippen LogP contribution in [0.5, 0.6) is 0 Å². The molecule has 0 fully saturated rings. The molecule has 0 saturated carbocycles. The van der Waals surface area contributed by atoms with Gasteiger partial charge in [0.1, 0.15) is 0 Å². The van der Waals surface area contributed by atoms with E-state index >= 15 is 0 Å². The first-order valence-corrected chi connectivity index (χ1v) is 7.66. The number of aryl methyl sites for hydroxylation is 1. The van der Waals surface area contributed by atoms with Gasteiger partial charge in [-0.25, -0.2) is 0 Å². The molecule has 0 saturated heterocycles. The van der Waals surface area contributed by atoms with Gasteiger partial charge in [-0.15, -0.1) is 0 Å². The molecule has 0 aliphatic heterocycles. The van der Waals surface area contributed by atoms with E-state index in [-0.39, 0.29) is 0 Å². The summed E-state index contributed by atoms with van der Waals surface area (Å²) in [6, 6.07) is 15.7. The number of hydrogen-bond donors (Lipinski definition) is 0. The summed E-state index contributed by atoms with van der Waals surface area (Å²) in [5.74, 6) is 1.17. The Hall–Kier alpha value is -1.56. The van der Waals surface area contributed by atoms with Crippen molar-refractivity contribution in [3.8, 4) is 0 Å². The Kier molecular flexibility index (Phi) is 4.65. The maximum atomic E-state index is 2.41. The highest BCUT2D eigenvalue weighted by Gasteiger charge is 2.10. The lowest BCUT2D eigenvalue weighted by Gasteiger charge is -2.17. The normalized spacial score (nSPS) is 11.3. The van der Waals surface area contributed by atoms with Gasteiger partial charge < -0.3 is 0 Å². The molecule has 0 spiro atoms. The summed E-state index contributed by atoms with van der Waals surface area (Å²) >= 11 is 0. The lowest BCUT2D eigenvalue weighted by Crippen LogP contribution is -2.01. The smallest absolute Gasteiger partial charge is 0.00202 e. The second kappa shape index (κ2) is 6.26. The average Bonchev–Trinajstić information content (AvgIpc) is 2.41. The van der Waals surface area contributed by atoms with E-state index in [2.05, 4.69) is 77.1 Å². The van der Waals surface area contributed by atoms with E-state index < -0.39 is 0 Å². The van der Waals surface area contributed by atoms with Crippen LogP contribution in [-0.2, 0) is 6.42 Å². The van der Waals surface area contributed by atoms with Crippen molar-refractivity contribution < 1.29 is 0 Å². The van der Waals surface area contributed by atoms with Crippen molar-refractivity contribution in [1.29, 1.82) is 0 Å². The van der Waals surface area contributed by atoms with E-state index in [9.17, 15) is 0 Å². The van der Waals surface area contributed by atoms with Gasteiger partial charge in [0.15, 0.2) is 0 Å².